The highest BCUT2D eigenvalue weighted by molar-refractivity contribution is 5.93. The van der Waals surface area contributed by atoms with Crippen molar-refractivity contribution < 1.29 is 22.4 Å². The Morgan fingerprint density at radius 3 is 2.33 bits per heavy atom. The van der Waals surface area contributed by atoms with Crippen LogP contribution in [0, 0.1) is 13.8 Å². The zero-order chi connectivity index (χ0) is 15.6. The number of alkyl halides is 3. The Bertz CT molecular complexity index is 645. The van der Waals surface area contributed by atoms with Crippen molar-refractivity contribution in [2.75, 3.05) is 0 Å². The fraction of sp³-hybridized carbons (Fsp3) is 0.286. The van der Waals surface area contributed by atoms with E-state index < -0.39 is 17.6 Å². The van der Waals surface area contributed by atoms with Gasteiger partial charge in [0.05, 0.1) is 5.56 Å². The van der Waals surface area contributed by atoms with E-state index in [1.807, 2.05) is 0 Å². The minimum Gasteiger partial charge on any atom is -0.445 e. The van der Waals surface area contributed by atoms with Crippen molar-refractivity contribution in [1.29, 1.82) is 0 Å². The van der Waals surface area contributed by atoms with Crippen LogP contribution in [-0.4, -0.2) is 10.9 Å². The average molecular weight is 298 g/mol. The lowest BCUT2D eigenvalue weighted by atomic mass is 10.1. The Balaban J connectivity index is 2.00. The van der Waals surface area contributed by atoms with Crippen LogP contribution in [0.1, 0.15) is 33.3 Å². The number of hydrogen-bond acceptors (Lipinski definition) is 3. The van der Waals surface area contributed by atoms with Gasteiger partial charge in [-0.25, -0.2) is 4.98 Å². The van der Waals surface area contributed by atoms with Crippen LogP contribution in [0.3, 0.4) is 0 Å². The third-order valence-corrected chi connectivity index (χ3v) is 2.85. The van der Waals surface area contributed by atoms with Gasteiger partial charge in [-0.2, -0.15) is 13.2 Å². The molecule has 2 aromatic rings. The summed E-state index contributed by atoms with van der Waals surface area (Å²) in [6, 6.07) is 4.61. The van der Waals surface area contributed by atoms with E-state index in [1.165, 1.54) is 12.1 Å². The summed E-state index contributed by atoms with van der Waals surface area (Å²) in [5.41, 5.74) is 0.0224. The Hall–Kier alpha value is -2.31. The molecule has 0 aliphatic carbocycles. The molecule has 1 heterocycles. The summed E-state index contributed by atoms with van der Waals surface area (Å²) >= 11 is 0. The van der Waals surface area contributed by atoms with E-state index in [0.29, 0.717) is 17.2 Å². The van der Waals surface area contributed by atoms with Crippen molar-refractivity contribution in [3.8, 4) is 0 Å². The van der Waals surface area contributed by atoms with Gasteiger partial charge in [0.1, 0.15) is 5.76 Å². The molecule has 0 atom stereocenters. The van der Waals surface area contributed by atoms with Gasteiger partial charge in [0, 0.05) is 13.5 Å². The third kappa shape index (κ3) is 3.62. The topological polar surface area (TPSA) is 55.1 Å². The number of oxazole rings is 1. The number of nitrogens with zero attached hydrogens (tertiary/aromatic N) is 1. The molecular formula is C14H13F3N2O2. The number of aryl methyl sites for hydroxylation is 2. The van der Waals surface area contributed by atoms with Gasteiger partial charge >= 0.3 is 6.18 Å². The van der Waals surface area contributed by atoms with Crippen molar-refractivity contribution in [2.24, 2.45) is 0 Å². The number of carbonyl (C=O) groups excluding carboxylic acids is 1. The average Bonchev–Trinajstić information content (AvgIpc) is 2.74. The van der Waals surface area contributed by atoms with Gasteiger partial charge in [0.15, 0.2) is 11.6 Å². The van der Waals surface area contributed by atoms with Crippen LogP contribution >= 0.6 is 0 Å². The van der Waals surface area contributed by atoms with Crippen LogP contribution in [0.2, 0.25) is 0 Å². The number of carbonyl (C=O) groups is 1. The van der Waals surface area contributed by atoms with E-state index >= 15 is 0 Å². The molecule has 2 rings (SSSR count). The number of benzene rings is 1. The monoisotopic (exact) mass is 298 g/mol. The first-order valence-corrected chi connectivity index (χ1v) is 6.16. The number of rotatable bonds is 3. The largest absolute Gasteiger partial charge is 0.445 e. The quantitative estimate of drug-likeness (QED) is 0.946. The number of hydrogen-bond donors (Lipinski definition) is 1. The van der Waals surface area contributed by atoms with Gasteiger partial charge in [0.2, 0.25) is 0 Å². The first kappa shape index (κ1) is 15.1. The van der Waals surface area contributed by atoms with Gasteiger partial charge in [-0.3, -0.25) is 4.79 Å². The summed E-state index contributed by atoms with van der Waals surface area (Å²) in [6.07, 6.45) is -4.36. The molecule has 0 aliphatic heterocycles. The molecule has 0 saturated carbocycles. The highest BCUT2D eigenvalue weighted by Gasteiger charge is 2.29. The van der Waals surface area contributed by atoms with Crippen LogP contribution in [0.15, 0.2) is 28.7 Å². The van der Waals surface area contributed by atoms with Crippen LogP contribution in [0.4, 0.5) is 13.2 Å². The molecule has 1 amide bonds. The maximum absolute atomic E-state index is 12.4. The third-order valence-electron chi connectivity index (χ3n) is 2.85. The fourth-order valence-corrected chi connectivity index (χ4v) is 1.82. The Labute approximate surface area is 119 Å². The van der Waals surface area contributed by atoms with Gasteiger partial charge in [0.25, 0.3) is 5.91 Å². The van der Waals surface area contributed by atoms with E-state index in [0.717, 1.165) is 12.1 Å². The smallest absolute Gasteiger partial charge is 0.416 e. The second-order valence-corrected chi connectivity index (χ2v) is 4.52. The summed E-state index contributed by atoms with van der Waals surface area (Å²) in [4.78, 5) is 15.8. The molecule has 0 aliphatic rings. The summed E-state index contributed by atoms with van der Waals surface area (Å²) < 4.78 is 42.4. The molecule has 4 nitrogen and oxygen atoms in total. The molecule has 21 heavy (non-hydrogen) atoms. The lowest BCUT2D eigenvalue weighted by Gasteiger charge is -2.08. The van der Waals surface area contributed by atoms with E-state index in [9.17, 15) is 18.0 Å². The SMILES string of the molecule is Cc1nc(C(=O)NCc2ccc(C(F)(F)F)cc2)c(C)o1. The number of halogens is 3. The minimum atomic E-state index is -4.36. The molecule has 0 radical (unpaired) electrons. The van der Waals surface area contributed by atoms with Gasteiger partial charge in [-0.1, -0.05) is 12.1 Å². The van der Waals surface area contributed by atoms with Crippen molar-refractivity contribution in [1.82, 2.24) is 10.3 Å². The van der Waals surface area contributed by atoms with Crippen molar-refractivity contribution in [3.63, 3.8) is 0 Å². The predicted octanol–water partition coefficient (Wildman–Crippen LogP) is 3.24. The molecule has 1 N–H and O–H groups in total. The zero-order valence-electron chi connectivity index (χ0n) is 11.4. The maximum Gasteiger partial charge on any atom is 0.416 e. The van der Waals surface area contributed by atoms with E-state index in [4.69, 9.17) is 4.42 Å². The van der Waals surface area contributed by atoms with Crippen molar-refractivity contribution in [3.05, 3.63) is 52.7 Å². The molecule has 0 spiro atoms. The minimum absolute atomic E-state index is 0.113. The highest BCUT2D eigenvalue weighted by atomic mass is 19.4. The Morgan fingerprint density at radius 2 is 1.86 bits per heavy atom. The molecule has 1 aromatic carbocycles. The molecule has 0 fully saturated rings. The predicted molar refractivity (Wildman–Crippen MR) is 68.6 cm³/mol. The summed E-state index contributed by atoms with van der Waals surface area (Å²) in [6.45, 7) is 3.36. The highest BCUT2D eigenvalue weighted by Crippen LogP contribution is 2.29. The second kappa shape index (κ2) is 5.59. The Kier molecular flexibility index (Phi) is 4.02. The molecule has 0 saturated heterocycles. The van der Waals surface area contributed by atoms with Gasteiger partial charge in [-0.05, 0) is 24.6 Å². The lowest BCUT2D eigenvalue weighted by molar-refractivity contribution is -0.137. The second-order valence-electron chi connectivity index (χ2n) is 4.52. The first-order valence-electron chi connectivity index (χ1n) is 6.16. The normalized spacial score (nSPS) is 11.5. The number of aromatic nitrogens is 1. The molecule has 7 heteroatoms. The molecule has 1 aromatic heterocycles. The van der Waals surface area contributed by atoms with Gasteiger partial charge < -0.3 is 9.73 Å². The molecule has 112 valence electrons. The van der Waals surface area contributed by atoms with Gasteiger partial charge in [-0.15, -0.1) is 0 Å². The zero-order valence-corrected chi connectivity index (χ0v) is 11.4. The van der Waals surface area contributed by atoms with Crippen LogP contribution in [-0.2, 0) is 12.7 Å². The molecular weight excluding hydrogens is 285 g/mol. The molecule has 0 bridgehead atoms. The fourth-order valence-electron chi connectivity index (χ4n) is 1.82. The summed E-state index contributed by atoms with van der Waals surface area (Å²) in [5, 5.41) is 2.58. The summed E-state index contributed by atoms with van der Waals surface area (Å²) in [5.74, 6) is 0.355. The maximum atomic E-state index is 12.4. The Morgan fingerprint density at radius 1 is 1.24 bits per heavy atom. The number of amides is 1. The van der Waals surface area contributed by atoms with E-state index in [-0.39, 0.29) is 12.2 Å². The van der Waals surface area contributed by atoms with Crippen LogP contribution in [0.25, 0.3) is 0 Å². The molecule has 0 unspecified atom stereocenters. The van der Waals surface area contributed by atoms with Crippen LogP contribution < -0.4 is 5.32 Å². The number of nitrogens with one attached hydrogen (secondary N) is 1. The standard InChI is InChI=1S/C14H13F3N2O2/c1-8-12(19-9(2)21-8)13(20)18-7-10-3-5-11(6-4-10)14(15,16)17/h3-6H,7H2,1-2H3,(H,18,20). The summed E-state index contributed by atoms with van der Waals surface area (Å²) in [7, 11) is 0. The van der Waals surface area contributed by atoms with Crippen molar-refractivity contribution in [2.45, 2.75) is 26.6 Å². The van der Waals surface area contributed by atoms with Crippen molar-refractivity contribution >= 4 is 5.91 Å². The van der Waals surface area contributed by atoms with E-state index in [1.54, 1.807) is 13.8 Å². The first-order chi connectivity index (χ1) is 9.77. The van der Waals surface area contributed by atoms with E-state index in [2.05, 4.69) is 10.3 Å². The van der Waals surface area contributed by atoms with Crippen LogP contribution in [0.5, 0.6) is 0 Å². The lowest BCUT2D eigenvalue weighted by Crippen LogP contribution is -2.23.